The number of aromatic nitrogens is 2. The number of nitrogens with one attached hydrogen (secondary N) is 2. The standard InChI is InChI=1S/C19H20N4O/c24-18(12-14-6-2-1-3-7-14)23-11-10-20-17(13-23)19-21-15-8-4-5-9-16(15)22-19/h1-9,17,20H,10-13H2,(H,21,22). The summed E-state index contributed by atoms with van der Waals surface area (Å²) in [5.41, 5.74) is 3.05. The zero-order valence-corrected chi connectivity index (χ0v) is 13.4. The Morgan fingerprint density at radius 2 is 1.92 bits per heavy atom. The highest BCUT2D eigenvalue weighted by molar-refractivity contribution is 5.79. The lowest BCUT2D eigenvalue weighted by atomic mass is 10.1. The van der Waals surface area contributed by atoms with Crippen molar-refractivity contribution in [1.82, 2.24) is 20.2 Å². The van der Waals surface area contributed by atoms with Gasteiger partial charge in [-0.3, -0.25) is 4.79 Å². The number of amides is 1. The van der Waals surface area contributed by atoms with Gasteiger partial charge in [-0.15, -0.1) is 0 Å². The minimum atomic E-state index is 0.0471. The van der Waals surface area contributed by atoms with Crippen molar-refractivity contribution in [2.45, 2.75) is 12.5 Å². The number of aromatic amines is 1. The Morgan fingerprint density at radius 1 is 1.12 bits per heavy atom. The van der Waals surface area contributed by atoms with Gasteiger partial charge in [-0.2, -0.15) is 0 Å². The third kappa shape index (κ3) is 3.03. The molecule has 0 spiro atoms. The van der Waals surface area contributed by atoms with E-state index >= 15 is 0 Å². The van der Waals surface area contributed by atoms with Crippen molar-refractivity contribution in [2.75, 3.05) is 19.6 Å². The van der Waals surface area contributed by atoms with Crippen molar-refractivity contribution in [3.8, 4) is 0 Å². The van der Waals surface area contributed by atoms with Gasteiger partial charge in [0.1, 0.15) is 5.82 Å². The third-order valence-corrected chi connectivity index (χ3v) is 4.46. The van der Waals surface area contributed by atoms with Gasteiger partial charge in [-0.25, -0.2) is 4.98 Å². The van der Waals surface area contributed by atoms with Crippen molar-refractivity contribution in [3.63, 3.8) is 0 Å². The van der Waals surface area contributed by atoms with Gasteiger partial charge in [0.15, 0.2) is 0 Å². The summed E-state index contributed by atoms with van der Waals surface area (Å²) in [5.74, 6) is 1.07. The molecular weight excluding hydrogens is 300 g/mol. The summed E-state index contributed by atoms with van der Waals surface area (Å²) < 4.78 is 0. The SMILES string of the molecule is O=C(Cc1ccccc1)N1CCNC(c2nc3ccccc3[nH]2)C1. The van der Waals surface area contributed by atoms with E-state index in [4.69, 9.17) is 0 Å². The fourth-order valence-electron chi connectivity index (χ4n) is 3.18. The molecule has 122 valence electrons. The lowest BCUT2D eigenvalue weighted by Gasteiger charge is -2.33. The van der Waals surface area contributed by atoms with Crippen molar-refractivity contribution in [2.24, 2.45) is 0 Å². The van der Waals surface area contributed by atoms with Crippen LogP contribution in [0.15, 0.2) is 54.6 Å². The molecule has 1 aromatic heterocycles. The molecule has 5 nitrogen and oxygen atoms in total. The molecule has 0 aliphatic carbocycles. The van der Waals surface area contributed by atoms with Crippen molar-refractivity contribution < 1.29 is 4.79 Å². The number of rotatable bonds is 3. The first-order chi connectivity index (χ1) is 11.8. The fourth-order valence-corrected chi connectivity index (χ4v) is 3.18. The topological polar surface area (TPSA) is 61.0 Å². The van der Waals surface area contributed by atoms with E-state index in [1.54, 1.807) is 0 Å². The van der Waals surface area contributed by atoms with Crippen LogP contribution in [0.1, 0.15) is 17.4 Å². The average Bonchev–Trinajstić information content (AvgIpc) is 3.07. The molecule has 0 radical (unpaired) electrons. The summed E-state index contributed by atoms with van der Waals surface area (Å²) in [5, 5.41) is 3.46. The average molecular weight is 320 g/mol. The van der Waals surface area contributed by atoms with E-state index in [9.17, 15) is 4.79 Å². The van der Waals surface area contributed by atoms with Crippen LogP contribution in [0.25, 0.3) is 11.0 Å². The first-order valence-electron chi connectivity index (χ1n) is 8.29. The number of para-hydroxylation sites is 2. The van der Waals surface area contributed by atoms with Crippen LogP contribution in [-0.4, -0.2) is 40.4 Å². The first kappa shape index (κ1) is 14.9. The zero-order chi connectivity index (χ0) is 16.4. The Hall–Kier alpha value is -2.66. The number of fused-ring (bicyclic) bond motifs is 1. The van der Waals surface area contributed by atoms with Crippen LogP contribution in [-0.2, 0) is 11.2 Å². The number of H-pyrrole nitrogens is 1. The number of piperazine rings is 1. The maximum Gasteiger partial charge on any atom is 0.227 e. The summed E-state index contributed by atoms with van der Waals surface area (Å²) >= 11 is 0. The molecule has 4 rings (SSSR count). The number of nitrogens with zero attached hydrogens (tertiary/aromatic N) is 2. The van der Waals surface area contributed by atoms with Gasteiger partial charge < -0.3 is 15.2 Å². The number of hydrogen-bond donors (Lipinski definition) is 2. The lowest BCUT2D eigenvalue weighted by molar-refractivity contribution is -0.131. The molecule has 2 aromatic carbocycles. The Morgan fingerprint density at radius 3 is 2.75 bits per heavy atom. The van der Waals surface area contributed by atoms with Gasteiger partial charge >= 0.3 is 0 Å². The molecular formula is C19H20N4O. The normalized spacial score (nSPS) is 18.0. The van der Waals surface area contributed by atoms with Gasteiger partial charge in [-0.05, 0) is 17.7 Å². The van der Waals surface area contributed by atoms with Gasteiger partial charge in [-0.1, -0.05) is 42.5 Å². The van der Waals surface area contributed by atoms with Crippen LogP contribution >= 0.6 is 0 Å². The lowest BCUT2D eigenvalue weighted by Crippen LogP contribution is -2.49. The summed E-state index contributed by atoms with van der Waals surface area (Å²) in [7, 11) is 0. The third-order valence-electron chi connectivity index (χ3n) is 4.46. The van der Waals surface area contributed by atoms with Crippen molar-refractivity contribution in [1.29, 1.82) is 0 Å². The van der Waals surface area contributed by atoms with E-state index in [1.165, 1.54) is 0 Å². The van der Waals surface area contributed by atoms with Gasteiger partial charge in [0.2, 0.25) is 5.91 Å². The summed E-state index contributed by atoms with van der Waals surface area (Å²) in [4.78, 5) is 22.5. The maximum atomic E-state index is 12.6. The molecule has 5 heteroatoms. The van der Waals surface area contributed by atoms with E-state index in [1.807, 2.05) is 59.5 Å². The molecule has 2 N–H and O–H groups in total. The quantitative estimate of drug-likeness (QED) is 0.778. The van der Waals surface area contributed by atoms with Crippen LogP contribution in [0, 0.1) is 0 Å². The summed E-state index contributed by atoms with van der Waals surface area (Å²) in [6.45, 7) is 2.16. The largest absolute Gasteiger partial charge is 0.341 e. The highest BCUT2D eigenvalue weighted by Crippen LogP contribution is 2.19. The minimum absolute atomic E-state index is 0.0471. The number of benzene rings is 2. The van der Waals surface area contributed by atoms with Crippen molar-refractivity contribution in [3.05, 3.63) is 66.0 Å². The zero-order valence-electron chi connectivity index (χ0n) is 13.4. The second-order valence-corrected chi connectivity index (χ2v) is 6.15. The maximum absolute atomic E-state index is 12.6. The second-order valence-electron chi connectivity index (χ2n) is 6.15. The van der Waals surface area contributed by atoms with Crippen LogP contribution in [0.5, 0.6) is 0 Å². The Kier molecular flexibility index (Phi) is 4.01. The number of carbonyl (C=O) groups is 1. The molecule has 1 unspecified atom stereocenters. The predicted molar refractivity (Wildman–Crippen MR) is 93.6 cm³/mol. The smallest absolute Gasteiger partial charge is 0.227 e. The van der Waals surface area contributed by atoms with Crippen LogP contribution < -0.4 is 5.32 Å². The first-order valence-corrected chi connectivity index (χ1v) is 8.29. The van der Waals surface area contributed by atoms with Crippen LogP contribution in [0.4, 0.5) is 0 Å². The molecule has 0 bridgehead atoms. The van der Waals surface area contributed by atoms with E-state index in [0.29, 0.717) is 13.0 Å². The number of carbonyl (C=O) groups excluding carboxylic acids is 1. The molecule has 24 heavy (non-hydrogen) atoms. The molecule has 1 aliphatic heterocycles. The van der Waals surface area contributed by atoms with E-state index in [-0.39, 0.29) is 11.9 Å². The number of imidazole rings is 1. The van der Waals surface area contributed by atoms with E-state index in [2.05, 4.69) is 15.3 Å². The van der Waals surface area contributed by atoms with Crippen LogP contribution in [0.2, 0.25) is 0 Å². The molecule has 1 saturated heterocycles. The summed E-state index contributed by atoms with van der Waals surface area (Å²) in [6, 6.07) is 17.9. The van der Waals surface area contributed by atoms with Gasteiger partial charge in [0.05, 0.1) is 23.5 Å². The summed E-state index contributed by atoms with van der Waals surface area (Å²) in [6.07, 6.45) is 0.452. The van der Waals surface area contributed by atoms with Crippen molar-refractivity contribution >= 4 is 16.9 Å². The monoisotopic (exact) mass is 320 g/mol. The molecule has 0 saturated carbocycles. The molecule has 1 fully saturated rings. The molecule has 1 aliphatic rings. The molecule has 1 atom stereocenters. The van der Waals surface area contributed by atoms with Gasteiger partial charge in [0.25, 0.3) is 0 Å². The highest BCUT2D eigenvalue weighted by atomic mass is 16.2. The Labute approximate surface area is 140 Å². The van der Waals surface area contributed by atoms with E-state index in [0.717, 1.165) is 35.5 Å². The minimum Gasteiger partial charge on any atom is -0.341 e. The van der Waals surface area contributed by atoms with Crippen LogP contribution in [0.3, 0.4) is 0 Å². The van der Waals surface area contributed by atoms with E-state index < -0.39 is 0 Å². The number of hydrogen-bond acceptors (Lipinski definition) is 3. The Bertz CT molecular complexity index is 810. The Balaban J connectivity index is 1.48. The molecule has 2 heterocycles. The highest BCUT2D eigenvalue weighted by Gasteiger charge is 2.26. The second kappa shape index (κ2) is 6.45. The molecule has 1 amide bonds. The predicted octanol–water partition coefficient (Wildman–Crippen LogP) is 2.28. The van der Waals surface area contributed by atoms with Gasteiger partial charge in [0, 0.05) is 19.6 Å². The fraction of sp³-hybridized carbons (Fsp3) is 0.263. The molecule has 3 aromatic rings.